The summed E-state index contributed by atoms with van der Waals surface area (Å²) in [4.78, 5) is 43.9. The molecular weight excluding hydrogens is 252 g/mol. The summed E-state index contributed by atoms with van der Waals surface area (Å²) in [5.41, 5.74) is 1.71. The van der Waals surface area contributed by atoms with Crippen LogP contribution in [0.5, 0.6) is 0 Å². The number of hydrazone groups is 1. The smallest absolute Gasteiger partial charge is 0.272 e. The summed E-state index contributed by atoms with van der Waals surface area (Å²) in [6.07, 6.45) is 0.939. The van der Waals surface area contributed by atoms with Crippen LogP contribution in [-0.2, 0) is 24.0 Å². The molecule has 1 amide bonds. The van der Waals surface area contributed by atoms with Crippen LogP contribution in [0.25, 0.3) is 0 Å². The molecule has 0 saturated carbocycles. The van der Waals surface area contributed by atoms with Gasteiger partial charge in [-0.2, -0.15) is 24.3 Å². The van der Waals surface area contributed by atoms with Crippen molar-refractivity contribution in [3.8, 4) is 0 Å². The van der Waals surface area contributed by atoms with Crippen LogP contribution in [0.1, 0.15) is 13.3 Å². The average Bonchev–Trinajstić information content (AvgIpc) is 2.72. The number of nitrogens with zero attached hydrogens (tertiary/aromatic N) is 2. The summed E-state index contributed by atoms with van der Waals surface area (Å²) < 4.78 is 0. The summed E-state index contributed by atoms with van der Waals surface area (Å²) in [5, 5.41) is 5.59. The van der Waals surface area contributed by atoms with Crippen LogP contribution >= 0.6 is 0 Å². The first-order chi connectivity index (χ1) is 9.10. The Balaban J connectivity index is 0.000000465. The van der Waals surface area contributed by atoms with Crippen molar-refractivity contribution in [3.05, 3.63) is 30.3 Å². The van der Waals surface area contributed by atoms with Gasteiger partial charge in [0.1, 0.15) is 0 Å². The number of anilines is 1. The van der Waals surface area contributed by atoms with Crippen LogP contribution in [0.3, 0.4) is 0 Å². The van der Waals surface area contributed by atoms with Gasteiger partial charge in [0, 0.05) is 5.71 Å². The Bertz CT molecular complexity index is 500. The maximum atomic E-state index is 11.4. The van der Waals surface area contributed by atoms with E-state index in [9.17, 15) is 4.79 Å². The lowest BCUT2D eigenvalue weighted by Gasteiger charge is -2.10. The third kappa shape index (κ3) is 5.83. The Morgan fingerprint density at radius 2 is 1.53 bits per heavy atom. The van der Waals surface area contributed by atoms with Gasteiger partial charge < -0.3 is 0 Å². The molecule has 19 heavy (non-hydrogen) atoms. The number of amides is 1. The van der Waals surface area contributed by atoms with Crippen molar-refractivity contribution in [3.63, 3.8) is 0 Å². The lowest BCUT2D eigenvalue weighted by Crippen LogP contribution is -2.19. The number of rotatable bonds is 1. The fourth-order valence-electron chi connectivity index (χ4n) is 1.33. The normalized spacial score (nSPS) is 11.9. The van der Waals surface area contributed by atoms with Crippen molar-refractivity contribution in [1.82, 2.24) is 0 Å². The van der Waals surface area contributed by atoms with Gasteiger partial charge >= 0.3 is 12.3 Å². The number of hydrogen-bond donors (Lipinski definition) is 0. The van der Waals surface area contributed by atoms with Crippen LogP contribution in [0.15, 0.2) is 35.4 Å². The van der Waals surface area contributed by atoms with Gasteiger partial charge in [-0.15, -0.1) is 0 Å². The van der Waals surface area contributed by atoms with Crippen molar-refractivity contribution in [2.24, 2.45) is 5.10 Å². The Hall–Kier alpha value is -2.88. The van der Waals surface area contributed by atoms with E-state index in [1.807, 2.05) is 37.3 Å². The Kier molecular flexibility index (Phi) is 7.79. The van der Waals surface area contributed by atoms with E-state index in [4.69, 9.17) is 19.2 Å². The summed E-state index contributed by atoms with van der Waals surface area (Å²) in [6, 6.07) is 9.46. The lowest BCUT2D eigenvalue weighted by molar-refractivity contribution is -0.193. The van der Waals surface area contributed by atoms with Crippen LogP contribution < -0.4 is 5.01 Å². The molecule has 0 fully saturated rings. The molecule has 1 aliphatic heterocycles. The maximum absolute atomic E-state index is 11.4. The average molecular weight is 262 g/mol. The molecule has 0 aliphatic carbocycles. The minimum absolute atomic E-state index is 0.0451. The highest BCUT2D eigenvalue weighted by atomic mass is 16.2. The number of benzene rings is 1. The van der Waals surface area contributed by atoms with Crippen LogP contribution in [0.4, 0.5) is 5.69 Å². The Morgan fingerprint density at radius 1 is 1.05 bits per heavy atom. The number of carbonyl (C=O) groups is 1. The van der Waals surface area contributed by atoms with E-state index in [2.05, 4.69) is 5.10 Å². The molecule has 0 saturated heterocycles. The van der Waals surface area contributed by atoms with Gasteiger partial charge in [0.15, 0.2) is 0 Å². The predicted octanol–water partition coefficient (Wildman–Crippen LogP) is 0.632. The topological polar surface area (TPSA) is 101 Å². The van der Waals surface area contributed by atoms with Crippen molar-refractivity contribution in [2.75, 3.05) is 5.01 Å². The third-order valence-electron chi connectivity index (χ3n) is 1.91. The molecule has 1 aromatic rings. The van der Waals surface area contributed by atoms with Crippen LogP contribution in [-0.4, -0.2) is 23.9 Å². The number of carbonyl (C=O) groups excluding carboxylic acids is 5. The molecule has 2 rings (SSSR count). The van der Waals surface area contributed by atoms with E-state index in [-0.39, 0.29) is 18.2 Å². The highest BCUT2D eigenvalue weighted by Crippen LogP contribution is 2.19. The third-order valence-corrected chi connectivity index (χ3v) is 1.91. The maximum Gasteiger partial charge on any atom is 0.373 e. The predicted molar refractivity (Wildman–Crippen MR) is 61.7 cm³/mol. The fraction of sp³-hybridized carbons (Fsp3) is 0.167. The zero-order chi connectivity index (χ0) is 14.7. The van der Waals surface area contributed by atoms with Crippen LogP contribution in [0, 0.1) is 0 Å². The number of hydrogen-bond acceptors (Lipinski definition) is 6. The van der Waals surface area contributed by atoms with Gasteiger partial charge in [-0.3, -0.25) is 4.79 Å². The van der Waals surface area contributed by atoms with Gasteiger partial charge in [-0.1, -0.05) is 18.2 Å². The molecule has 1 aromatic carbocycles. The highest BCUT2D eigenvalue weighted by Gasteiger charge is 2.21. The van der Waals surface area contributed by atoms with Gasteiger partial charge in [0.05, 0.1) is 12.1 Å². The van der Waals surface area contributed by atoms with Gasteiger partial charge in [-0.05, 0) is 19.1 Å². The second kappa shape index (κ2) is 9.18. The summed E-state index contributed by atoms with van der Waals surface area (Å²) in [7, 11) is 0. The highest BCUT2D eigenvalue weighted by molar-refractivity contribution is 6.12. The molecule has 0 N–H and O–H groups in total. The summed E-state index contributed by atoms with van der Waals surface area (Å²) in [6.45, 7) is 1.86. The van der Waals surface area contributed by atoms with Crippen molar-refractivity contribution in [2.45, 2.75) is 13.3 Å². The van der Waals surface area contributed by atoms with E-state index in [0.29, 0.717) is 6.42 Å². The standard InChI is InChI=1S/C10H10N2O.2CO2/c1-8-7-10(13)12(11-8)9-5-3-2-4-6-9;2*2-1-3/h2-6H,7H2,1H3;;. The first-order valence-electron chi connectivity index (χ1n) is 5.01. The quantitative estimate of drug-likeness (QED) is 0.738. The molecule has 0 aromatic heterocycles. The Morgan fingerprint density at radius 3 is 1.89 bits per heavy atom. The Labute approximate surface area is 108 Å². The molecular formula is C12H10N2O5. The molecule has 1 heterocycles. The molecule has 1 aliphatic rings. The summed E-state index contributed by atoms with van der Waals surface area (Å²) >= 11 is 0. The zero-order valence-corrected chi connectivity index (χ0v) is 10.0. The minimum Gasteiger partial charge on any atom is -0.272 e. The molecule has 0 spiro atoms. The van der Waals surface area contributed by atoms with Gasteiger partial charge in [0.2, 0.25) is 0 Å². The van der Waals surface area contributed by atoms with E-state index >= 15 is 0 Å². The molecule has 98 valence electrons. The lowest BCUT2D eigenvalue weighted by atomic mass is 10.3. The molecule has 0 atom stereocenters. The molecule has 0 bridgehead atoms. The first-order valence-corrected chi connectivity index (χ1v) is 5.01. The second-order valence-corrected chi connectivity index (χ2v) is 3.22. The van der Waals surface area contributed by atoms with E-state index < -0.39 is 0 Å². The molecule has 7 nitrogen and oxygen atoms in total. The van der Waals surface area contributed by atoms with Crippen molar-refractivity contribution >= 4 is 29.6 Å². The van der Waals surface area contributed by atoms with Crippen molar-refractivity contribution < 1.29 is 24.0 Å². The molecule has 7 heteroatoms. The summed E-state index contributed by atoms with van der Waals surface area (Å²) in [5.74, 6) is 0.0451. The van der Waals surface area contributed by atoms with Crippen molar-refractivity contribution in [1.29, 1.82) is 0 Å². The largest absolute Gasteiger partial charge is 0.373 e. The number of para-hydroxylation sites is 1. The first kappa shape index (κ1) is 16.1. The fourth-order valence-corrected chi connectivity index (χ4v) is 1.33. The van der Waals surface area contributed by atoms with Crippen LogP contribution in [0.2, 0.25) is 0 Å². The van der Waals surface area contributed by atoms with E-state index in [1.54, 1.807) is 0 Å². The molecule has 0 radical (unpaired) electrons. The SMILES string of the molecule is CC1=NN(c2ccccc2)C(=O)C1.O=C=O.O=C=O. The molecule has 0 unspecified atom stereocenters. The zero-order valence-electron chi connectivity index (χ0n) is 10.0. The second-order valence-electron chi connectivity index (χ2n) is 3.22. The van der Waals surface area contributed by atoms with Gasteiger partial charge in [-0.25, -0.2) is 5.01 Å². The van der Waals surface area contributed by atoms with E-state index in [0.717, 1.165) is 11.4 Å². The van der Waals surface area contributed by atoms with Gasteiger partial charge in [0.25, 0.3) is 5.91 Å². The van der Waals surface area contributed by atoms with E-state index in [1.165, 1.54) is 5.01 Å². The minimum atomic E-state index is 0.0451. The monoisotopic (exact) mass is 262 g/mol.